The molecule has 9 heteroatoms. The number of nitrogens with zero attached hydrogens (tertiary/aromatic N) is 3. The van der Waals surface area contributed by atoms with Gasteiger partial charge in [-0.1, -0.05) is 18.2 Å². The van der Waals surface area contributed by atoms with Crippen LogP contribution in [0.2, 0.25) is 0 Å². The predicted molar refractivity (Wildman–Crippen MR) is 87.8 cm³/mol. The Morgan fingerprint density at radius 1 is 0.962 bits per heavy atom. The molecule has 1 saturated heterocycles. The van der Waals surface area contributed by atoms with Crippen molar-refractivity contribution in [3.8, 4) is 0 Å². The van der Waals surface area contributed by atoms with Crippen LogP contribution in [0.5, 0.6) is 0 Å². The third-order valence-corrected chi connectivity index (χ3v) is 4.09. The second-order valence-corrected chi connectivity index (χ2v) is 5.85. The summed E-state index contributed by atoms with van der Waals surface area (Å²) in [4.78, 5) is 17.6. The molecule has 3 rings (SSSR count). The molecule has 26 heavy (non-hydrogen) atoms. The minimum absolute atomic E-state index is 0.104. The molecule has 0 spiro atoms. The van der Waals surface area contributed by atoms with Crippen molar-refractivity contribution in [1.82, 2.24) is 9.88 Å². The van der Waals surface area contributed by atoms with Crippen LogP contribution < -0.4 is 10.2 Å². The molecule has 0 bridgehead atoms. The third-order valence-electron chi connectivity index (χ3n) is 4.09. The van der Waals surface area contributed by atoms with Crippen LogP contribution in [0.25, 0.3) is 0 Å². The number of hydrogen-bond donors (Lipinski definition) is 1. The summed E-state index contributed by atoms with van der Waals surface area (Å²) in [5.41, 5.74) is -0.0913. The Hall–Kier alpha value is -2.68. The Balaban J connectivity index is 1.59. The van der Waals surface area contributed by atoms with Crippen molar-refractivity contribution in [3.05, 3.63) is 53.9 Å². The third kappa shape index (κ3) is 3.93. The maximum atomic E-state index is 13.8. The van der Waals surface area contributed by atoms with Gasteiger partial charge in [0, 0.05) is 31.9 Å². The molecular formula is C17H16F4N4O. The number of anilines is 2. The molecule has 1 N–H and O–H groups in total. The number of carbonyl (C=O) groups is 1. The highest BCUT2D eigenvalue weighted by molar-refractivity contribution is 5.92. The Labute approximate surface area is 147 Å². The molecule has 2 heterocycles. The van der Waals surface area contributed by atoms with Crippen molar-refractivity contribution in [2.45, 2.75) is 0 Å². The number of carbonyl (C=O) groups excluding carboxylic acids is 1. The minimum atomic E-state index is -1.68. The Morgan fingerprint density at radius 2 is 1.54 bits per heavy atom. The first kappa shape index (κ1) is 18.1. The normalized spacial score (nSPS) is 15.2. The lowest BCUT2D eigenvalue weighted by molar-refractivity contribution is -0.117. The molecule has 0 unspecified atom stereocenters. The molecule has 5 nitrogen and oxygen atoms in total. The molecule has 1 aromatic heterocycles. The number of amides is 1. The number of benzene rings is 1. The average molecular weight is 368 g/mol. The average Bonchev–Trinajstić information content (AvgIpc) is 2.62. The van der Waals surface area contributed by atoms with Gasteiger partial charge in [-0.15, -0.1) is 0 Å². The number of nitrogens with one attached hydrogen (secondary N) is 1. The van der Waals surface area contributed by atoms with E-state index in [4.69, 9.17) is 0 Å². The van der Waals surface area contributed by atoms with Gasteiger partial charge in [0.05, 0.1) is 6.54 Å². The van der Waals surface area contributed by atoms with Gasteiger partial charge in [-0.05, 0) is 12.1 Å². The Kier molecular flexibility index (Phi) is 5.36. The zero-order valence-electron chi connectivity index (χ0n) is 13.7. The van der Waals surface area contributed by atoms with Crippen LogP contribution in [0.3, 0.4) is 0 Å². The number of para-hydroxylation sites is 1. The van der Waals surface area contributed by atoms with E-state index in [0.29, 0.717) is 18.8 Å². The van der Waals surface area contributed by atoms with Crippen molar-refractivity contribution < 1.29 is 22.4 Å². The van der Waals surface area contributed by atoms with Crippen LogP contribution in [0.1, 0.15) is 0 Å². The standard InChI is InChI=1S/C17H16F4N4O/c18-13-15(14(19)17(21)23-16(13)20)25-8-6-24(7-9-25)10-12(26)22-11-4-2-1-3-5-11/h1-5H,6-10H2,(H,22,26). The lowest BCUT2D eigenvalue weighted by Gasteiger charge is -2.35. The van der Waals surface area contributed by atoms with Gasteiger partial charge in [-0.2, -0.15) is 22.5 Å². The fourth-order valence-corrected chi connectivity index (χ4v) is 2.81. The van der Waals surface area contributed by atoms with Gasteiger partial charge in [-0.3, -0.25) is 9.69 Å². The van der Waals surface area contributed by atoms with E-state index in [1.54, 1.807) is 29.2 Å². The maximum absolute atomic E-state index is 13.8. The highest BCUT2D eigenvalue weighted by atomic mass is 19.2. The van der Waals surface area contributed by atoms with Gasteiger partial charge in [0.15, 0.2) is 0 Å². The van der Waals surface area contributed by atoms with E-state index < -0.39 is 29.2 Å². The zero-order valence-corrected chi connectivity index (χ0v) is 13.7. The molecule has 2 aromatic rings. The zero-order chi connectivity index (χ0) is 18.7. The molecule has 1 amide bonds. The van der Waals surface area contributed by atoms with Gasteiger partial charge < -0.3 is 10.2 Å². The molecule has 0 radical (unpaired) electrons. The molecule has 138 valence electrons. The predicted octanol–water partition coefficient (Wildman–Crippen LogP) is 2.40. The van der Waals surface area contributed by atoms with E-state index in [9.17, 15) is 22.4 Å². The summed E-state index contributed by atoms with van der Waals surface area (Å²) in [7, 11) is 0. The van der Waals surface area contributed by atoms with Crippen molar-refractivity contribution in [2.24, 2.45) is 0 Å². The topological polar surface area (TPSA) is 48.5 Å². The minimum Gasteiger partial charge on any atom is -0.364 e. The Bertz CT molecular complexity index is 769. The lowest BCUT2D eigenvalue weighted by Crippen LogP contribution is -2.49. The van der Waals surface area contributed by atoms with E-state index in [-0.39, 0.29) is 25.5 Å². The fourth-order valence-electron chi connectivity index (χ4n) is 2.81. The van der Waals surface area contributed by atoms with Gasteiger partial charge in [0.2, 0.25) is 17.5 Å². The monoisotopic (exact) mass is 368 g/mol. The van der Waals surface area contributed by atoms with Crippen molar-refractivity contribution in [2.75, 3.05) is 42.9 Å². The largest absolute Gasteiger partial charge is 0.364 e. The van der Waals surface area contributed by atoms with Crippen LogP contribution in [-0.4, -0.2) is 48.5 Å². The molecule has 0 atom stereocenters. The van der Waals surface area contributed by atoms with Gasteiger partial charge in [-0.25, -0.2) is 0 Å². The molecule has 1 fully saturated rings. The summed E-state index contributed by atoms with van der Waals surface area (Å²) in [6, 6.07) is 8.94. The number of hydrogen-bond acceptors (Lipinski definition) is 4. The van der Waals surface area contributed by atoms with Gasteiger partial charge >= 0.3 is 0 Å². The van der Waals surface area contributed by atoms with Gasteiger partial charge in [0.1, 0.15) is 5.69 Å². The quantitative estimate of drug-likeness (QED) is 0.665. The van der Waals surface area contributed by atoms with Crippen LogP contribution in [0, 0.1) is 23.5 Å². The summed E-state index contributed by atoms with van der Waals surface area (Å²) in [6.07, 6.45) is 0. The number of halogens is 4. The smallest absolute Gasteiger partial charge is 0.253 e. The van der Waals surface area contributed by atoms with Crippen molar-refractivity contribution >= 4 is 17.3 Å². The number of piperazine rings is 1. The van der Waals surface area contributed by atoms with Gasteiger partial charge in [0.25, 0.3) is 11.9 Å². The van der Waals surface area contributed by atoms with Crippen LogP contribution in [-0.2, 0) is 4.79 Å². The summed E-state index contributed by atoms with van der Waals surface area (Å²) >= 11 is 0. The van der Waals surface area contributed by atoms with Crippen LogP contribution in [0.4, 0.5) is 28.9 Å². The molecule has 1 aromatic carbocycles. The number of rotatable bonds is 4. The first-order chi connectivity index (χ1) is 12.5. The molecule has 0 saturated carbocycles. The molecule has 1 aliphatic rings. The first-order valence-electron chi connectivity index (χ1n) is 7.98. The molecular weight excluding hydrogens is 352 g/mol. The summed E-state index contributed by atoms with van der Waals surface area (Å²) in [6.45, 7) is 0.969. The second kappa shape index (κ2) is 7.69. The summed E-state index contributed by atoms with van der Waals surface area (Å²) in [5, 5.41) is 2.74. The molecule has 0 aliphatic carbocycles. The van der Waals surface area contributed by atoms with Crippen LogP contribution in [0.15, 0.2) is 30.3 Å². The van der Waals surface area contributed by atoms with E-state index in [0.717, 1.165) is 0 Å². The van der Waals surface area contributed by atoms with Crippen molar-refractivity contribution in [1.29, 1.82) is 0 Å². The number of aromatic nitrogens is 1. The van der Waals surface area contributed by atoms with E-state index in [1.807, 2.05) is 6.07 Å². The van der Waals surface area contributed by atoms with E-state index in [1.165, 1.54) is 4.90 Å². The van der Waals surface area contributed by atoms with Crippen molar-refractivity contribution in [3.63, 3.8) is 0 Å². The SMILES string of the molecule is O=C(CN1CCN(c2c(F)c(F)nc(F)c2F)CC1)Nc1ccccc1. The number of pyridine rings is 1. The fraction of sp³-hybridized carbons (Fsp3) is 0.294. The van der Waals surface area contributed by atoms with E-state index >= 15 is 0 Å². The first-order valence-corrected chi connectivity index (χ1v) is 7.98. The summed E-state index contributed by atoms with van der Waals surface area (Å²) in [5.74, 6) is -6.60. The Morgan fingerprint density at radius 3 is 2.12 bits per heavy atom. The lowest BCUT2D eigenvalue weighted by atomic mass is 10.2. The second-order valence-electron chi connectivity index (χ2n) is 5.85. The highest BCUT2D eigenvalue weighted by Crippen LogP contribution is 2.27. The maximum Gasteiger partial charge on any atom is 0.253 e. The highest BCUT2D eigenvalue weighted by Gasteiger charge is 2.28. The molecule has 1 aliphatic heterocycles. The van der Waals surface area contributed by atoms with Crippen LogP contribution >= 0.6 is 0 Å². The summed E-state index contributed by atoms with van der Waals surface area (Å²) < 4.78 is 54.1. The van der Waals surface area contributed by atoms with E-state index in [2.05, 4.69) is 10.3 Å².